The summed E-state index contributed by atoms with van der Waals surface area (Å²) in [5, 5.41) is 8.58. The van der Waals surface area contributed by atoms with Crippen LogP contribution in [-0.4, -0.2) is 11.1 Å². The second-order valence-corrected chi connectivity index (χ2v) is 3.22. The van der Waals surface area contributed by atoms with Crippen molar-refractivity contribution in [2.75, 3.05) is 0 Å². The van der Waals surface area contributed by atoms with Gasteiger partial charge < -0.3 is 5.11 Å². The minimum absolute atomic E-state index is 0.217. The van der Waals surface area contributed by atoms with Crippen molar-refractivity contribution in [2.24, 2.45) is 5.92 Å². The fraction of sp³-hybridized carbons (Fsp3) is 0.700. The summed E-state index contributed by atoms with van der Waals surface area (Å²) >= 11 is 0. The van der Waals surface area contributed by atoms with Gasteiger partial charge in [0.1, 0.15) is 0 Å². The maximum Gasteiger partial charge on any atom is 0.306 e. The minimum Gasteiger partial charge on any atom is -0.481 e. The summed E-state index contributed by atoms with van der Waals surface area (Å²) < 4.78 is 0. The summed E-state index contributed by atoms with van der Waals surface area (Å²) in [4.78, 5) is 10.4. The van der Waals surface area contributed by atoms with Crippen molar-refractivity contribution in [1.82, 2.24) is 0 Å². The maximum atomic E-state index is 10.4. The molecule has 1 unspecified atom stereocenters. The van der Waals surface area contributed by atoms with E-state index >= 15 is 0 Å². The Morgan fingerprint density at radius 2 is 2.17 bits per heavy atom. The van der Waals surface area contributed by atoms with Gasteiger partial charge in [0.25, 0.3) is 0 Å². The highest BCUT2D eigenvalue weighted by atomic mass is 16.4. The second-order valence-electron chi connectivity index (χ2n) is 3.22. The molecule has 0 aliphatic rings. The molecule has 0 fully saturated rings. The summed E-state index contributed by atoms with van der Waals surface area (Å²) in [5.41, 5.74) is 1.34. The first kappa shape index (κ1) is 11.2. The number of carboxylic acid groups (broad SMARTS) is 1. The van der Waals surface area contributed by atoms with E-state index in [0.717, 1.165) is 19.3 Å². The van der Waals surface area contributed by atoms with E-state index < -0.39 is 5.97 Å². The lowest BCUT2D eigenvalue weighted by molar-refractivity contribution is -0.141. The molecule has 0 amide bonds. The normalized spacial score (nSPS) is 14.4. The fourth-order valence-corrected chi connectivity index (χ4v) is 0.848. The first-order chi connectivity index (χ1) is 5.57. The van der Waals surface area contributed by atoms with Crippen LogP contribution >= 0.6 is 0 Å². The molecule has 0 aliphatic carbocycles. The molecule has 1 N–H and O–H groups in total. The third-order valence-corrected chi connectivity index (χ3v) is 2.07. The van der Waals surface area contributed by atoms with Crippen LogP contribution in [0, 0.1) is 5.92 Å². The van der Waals surface area contributed by atoms with Crippen molar-refractivity contribution in [3.8, 4) is 0 Å². The van der Waals surface area contributed by atoms with Gasteiger partial charge in [0.05, 0.1) is 5.92 Å². The molecule has 1 atom stereocenters. The van der Waals surface area contributed by atoms with Crippen LogP contribution in [0.1, 0.15) is 40.0 Å². The van der Waals surface area contributed by atoms with Crippen LogP contribution < -0.4 is 0 Å². The van der Waals surface area contributed by atoms with Crippen LogP contribution in [0.5, 0.6) is 0 Å². The number of rotatable bonds is 5. The summed E-state index contributed by atoms with van der Waals surface area (Å²) in [5.74, 6) is -0.913. The molecular formula is C10H18O2. The zero-order chi connectivity index (χ0) is 9.56. The molecular weight excluding hydrogens is 152 g/mol. The van der Waals surface area contributed by atoms with E-state index in [2.05, 4.69) is 19.9 Å². The second kappa shape index (κ2) is 5.81. The smallest absolute Gasteiger partial charge is 0.306 e. The summed E-state index contributed by atoms with van der Waals surface area (Å²) in [6, 6.07) is 0. The summed E-state index contributed by atoms with van der Waals surface area (Å²) in [7, 11) is 0. The molecule has 0 aromatic heterocycles. The quantitative estimate of drug-likeness (QED) is 0.644. The van der Waals surface area contributed by atoms with E-state index in [1.165, 1.54) is 5.57 Å². The van der Waals surface area contributed by atoms with Gasteiger partial charge in [-0.25, -0.2) is 0 Å². The summed E-state index contributed by atoms with van der Waals surface area (Å²) in [6.07, 6.45) is 4.81. The van der Waals surface area contributed by atoms with Crippen molar-refractivity contribution in [3.05, 3.63) is 11.6 Å². The molecule has 0 aliphatic heterocycles. The summed E-state index contributed by atoms with van der Waals surface area (Å²) in [6.45, 7) is 5.93. The van der Waals surface area contributed by atoms with Gasteiger partial charge >= 0.3 is 5.97 Å². The van der Waals surface area contributed by atoms with E-state index in [-0.39, 0.29) is 5.92 Å². The van der Waals surface area contributed by atoms with Gasteiger partial charge in [-0.2, -0.15) is 0 Å². The number of hydrogen-bond donors (Lipinski definition) is 1. The molecule has 0 radical (unpaired) electrons. The predicted molar refractivity (Wildman–Crippen MR) is 50.1 cm³/mol. The third-order valence-electron chi connectivity index (χ3n) is 2.07. The Labute approximate surface area is 74.3 Å². The third kappa shape index (κ3) is 4.94. The number of hydrogen-bond acceptors (Lipinski definition) is 1. The molecule has 0 aromatic carbocycles. The largest absolute Gasteiger partial charge is 0.481 e. The van der Waals surface area contributed by atoms with Crippen LogP contribution in [0.4, 0.5) is 0 Å². The van der Waals surface area contributed by atoms with E-state index in [1.807, 2.05) is 0 Å². The van der Waals surface area contributed by atoms with Gasteiger partial charge in [-0.15, -0.1) is 0 Å². The van der Waals surface area contributed by atoms with E-state index in [1.54, 1.807) is 6.92 Å². The monoisotopic (exact) mass is 170 g/mol. The maximum absolute atomic E-state index is 10.4. The van der Waals surface area contributed by atoms with E-state index in [9.17, 15) is 4.79 Å². The van der Waals surface area contributed by atoms with Crippen LogP contribution in [0.15, 0.2) is 11.6 Å². The topological polar surface area (TPSA) is 37.3 Å². The van der Waals surface area contributed by atoms with Gasteiger partial charge in [-0.05, 0) is 26.2 Å². The lowest BCUT2D eigenvalue weighted by Crippen LogP contribution is -2.08. The number of carbonyl (C=O) groups is 1. The highest BCUT2D eigenvalue weighted by Crippen LogP contribution is 2.08. The highest BCUT2D eigenvalue weighted by molar-refractivity contribution is 5.69. The van der Waals surface area contributed by atoms with Crippen LogP contribution in [0.25, 0.3) is 0 Å². The van der Waals surface area contributed by atoms with Gasteiger partial charge in [-0.3, -0.25) is 4.79 Å². The molecule has 0 aromatic rings. The Hall–Kier alpha value is -0.790. The Balaban J connectivity index is 3.62. The molecule has 0 spiro atoms. The Bertz CT molecular complexity index is 171. The van der Waals surface area contributed by atoms with Crippen LogP contribution in [0.3, 0.4) is 0 Å². The molecule has 0 rings (SSSR count). The lowest BCUT2D eigenvalue weighted by Gasteiger charge is -2.02. The molecule has 12 heavy (non-hydrogen) atoms. The SMILES string of the molecule is CCC(C)=CCCC(C)C(=O)O. The van der Waals surface area contributed by atoms with Crippen LogP contribution in [0.2, 0.25) is 0 Å². The van der Waals surface area contributed by atoms with Gasteiger partial charge in [0.2, 0.25) is 0 Å². The zero-order valence-electron chi connectivity index (χ0n) is 8.13. The number of carboxylic acids is 1. The minimum atomic E-state index is -0.697. The van der Waals surface area contributed by atoms with Crippen molar-refractivity contribution >= 4 is 5.97 Å². The molecule has 0 saturated carbocycles. The number of allylic oxidation sites excluding steroid dienone is 2. The Morgan fingerprint density at radius 1 is 1.58 bits per heavy atom. The Morgan fingerprint density at radius 3 is 2.58 bits per heavy atom. The molecule has 2 nitrogen and oxygen atoms in total. The standard InChI is InChI=1S/C10H18O2/c1-4-8(2)6-5-7-9(3)10(11)12/h6,9H,4-5,7H2,1-3H3,(H,11,12). The Kier molecular flexibility index (Phi) is 5.43. The van der Waals surface area contributed by atoms with Gasteiger partial charge in [-0.1, -0.05) is 25.5 Å². The first-order valence-corrected chi connectivity index (χ1v) is 4.46. The zero-order valence-corrected chi connectivity index (χ0v) is 8.13. The van der Waals surface area contributed by atoms with E-state index in [0.29, 0.717) is 0 Å². The van der Waals surface area contributed by atoms with Crippen molar-refractivity contribution < 1.29 is 9.90 Å². The molecule has 70 valence electrons. The fourth-order valence-electron chi connectivity index (χ4n) is 0.848. The first-order valence-electron chi connectivity index (χ1n) is 4.46. The molecule has 0 bridgehead atoms. The number of aliphatic carboxylic acids is 1. The molecule has 2 heteroatoms. The lowest BCUT2D eigenvalue weighted by atomic mass is 10.0. The van der Waals surface area contributed by atoms with Crippen molar-refractivity contribution in [1.29, 1.82) is 0 Å². The average Bonchev–Trinajstić information content (AvgIpc) is 2.03. The molecule has 0 heterocycles. The van der Waals surface area contributed by atoms with Gasteiger partial charge in [0, 0.05) is 0 Å². The van der Waals surface area contributed by atoms with Crippen molar-refractivity contribution in [3.63, 3.8) is 0 Å². The van der Waals surface area contributed by atoms with Gasteiger partial charge in [0.15, 0.2) is 0 Å². The van der Waals surface area contributed by atoms with E-state index in [4.69, 9.17) is 5.11 Å². The highest BCUT2D eigenvalue weighted by Gasteiger charge is 2.08. The predicted octanol–water partition coefficient (Wildman–Crippen LogP) is 2.84. The molecule has 0 saturated heterocycles. The average molecular weight is 170 g/mol. The van der Waals surface area contributed by atoms with Crippen LogP contribution in [-0.2, 0) is 4.79 Å². The van der Waals surface area contributed by atoms with Crippen molar-refractivity contribution in [2.45, 2.75) is 40.0 Å².